The second kappa shape index (κ2) is 6.93. The largest absolute Gasteiger partial charge is 0.390 e. The number of amides is 1. The van der Waals surface area contributed by atoms with Crippen LogP contribution in [0.25, 0.3) is 0 Å². The molecule has 1 amide bonds. The van der Waals surface area contributed by atoms with Crippen LogP contribution in [-0.2, 0) is 12.8 Å². The lowest BCUT2D eigenvalue weighted by Gasteiger charge is -2.22. The van der Waals surface area contributed by atoms with Crippen molar-refractivity contribution in [2.24, 2.45) is 0 Å². The molecule has 1 unspecified atom stereocenters. The number of carbonyl (C=O) groups is 1. The first-order valence-electron chi connectivity index (χ1n) is 8.10. The Balaban J connectivity index is 2.12. The first-order valence-corrected chi connectivity index (χ1v) is 8.91. The minimum Gasteiger partial charge on any atom is -0.390 e. The molecular formula is C17H27NO2S. The van der Waals surface area contributed by atoms with E-state index in [0.29, 0.717) is 13.0 Å². The lowest BCUT2D eigenvalue weighted by Crippen LogP contribution is -2.33. The van der Waals surface area contributed by atoms with Gasteiger partial charge in [0.15, 0.2) is 0 Å². The summed E-state index contributed by atoms with van der Waals surface area (Å²) >= 11 is 1.66. The van der Waals surface area contributed by atoms with Crippen molar-refractivity contribution in [2.45, 2.75) is 64.9 Å². The molecule has 0 bridgehead atoms. The molecule has 4 heteroatoms. The van der Waals surface area contributed by atoms with E-state index in [1.165, 1.54) is 10.4 Å². The third kappa shape index (κ3) is 4.07. The maximum absolute atomic E-state index is 12.7. The number of nitrogens with zero attached hydrogens (tertiary/aromatic N) is 1. The summed E-state index contributed by atoms with van der Waals surface area (Å²) in [6.45, 7) is 7.63. The van der Waals surface area contributed by atoms with Crippen LogP contribution < -0.4 is 0 Å². The molecule has 1 aliphatic heterocycles. The lowest BCUT2D eigenvalue weighted by atomic mass is 9.98. The minimum atomic E-state index is -0.619. The monoisotopic (exact) mass is 309 g/mol. The molecule has 0 aromatic carbocycles. The Hall–Kier alpha value is -0.870. The highest BCUT2D eigenvalue weighted by Gasteiger charge is 2.28. The van der Waals surface area contributed by atoms with Gasteiger partial charge in [0.1, 0.15) is 0 Å². The quantitative estimate of drug-likeness (QED) is 0.922. The van der Waals surface area contributed by atoms with Crippen molar-refractivity contribution in [1.82, 2.24) is 4.90 Å². The third-order valence-corrected chi connectivity index (χ3v) is 5.54. The zero-order chi connectivity index (χ0) is 15.5. The highest BCUT2D eigenvalue weighted by Crippen LogP contribution is 2.28. The van der Waals surface area contributed by atoms with Crippen LogP contribution in [0.5, 0.6) is 0 Å². The fraction of sp³-hybridized carbons (Fsp3) is 0.706. The summed E-state index contributed by atoms with van der Waals surface area (Å²) in [5, 5.41) is 10.1. The third-order valence-electron chi connectivity index (χ3n) is 4.32. The van der Waals surface area contributed by atoms with Gasteiger partial charge < -0.3 is 10.0 Å². The normalized spacial score (nSPS) is 23.1. The van der Waals surface area contributed by atoms with Crippen molar-refractivity contribution in [3.05, 3.63) is 21.4 Å². The summed E-state index contributed by atoms with van der Waals surface area (Å²) in [4.78, 5) is 16.9. The van der Waals surface area contributed by atoms with Crippen LogP contribution in [0.15, 0.2) is 6.07 Å². The number of thiophene rings is 1. The van der Waals surface area contributed by atoms with Gasteiger partial charge >= 0.3 is 0 Å². The van der Waals surface area contributed by atoms with Gasteiger partial charge in [-0.2, -0.15) is 0 Å². The topological polar surface area (TPSA) is 40.5 Å². The van der Waals surface area contributed by atoms with Crippen LogP contribution in [0, 0.1) is 0 Å². The van der Waals surface area contributed by atoms with E-state index in [-0.39, 0.29) is 5.91 Å². The zero-order valence-corrected chi connectivity index (χ0v) is 14.3. The molecule has 1 aliphatic rings. The molecule has 2 heterocycles. The fourth-order valence-corrected chi connectivity index (χ4v) is 4.26. The molecule has 0 spiro atoms. The SMILES string of the molecule is CCCc1sc(C(=O)N2CCCC(C)(O)CC2)cc1CC. The van der Waals surface area contributed by atoms with E-state index in [2.05, 4.69) is 19.9 Å². The summed E-state index contributed by atoms with van der Waals surface area (Å²) in [6.07, 6.45) is 5.51. The lowest BCUT2D eigenvalue weighted by molar-refractivity contribution is 0.0438. The minimum absolute atomic E-state index is 0.148. The molecule has 1 saturated heterocycles. The maximum Gasteiger partial charge on any atom is 0.263 e. The van der Waals surface area contributed by atoms with Gasteiger partial charge in [0.25, 0.3) is 5.91 Å². The average Bonchev–Trinajstić information content (AvgIpc) is 2.76. The van der Waals surface area contributed by atoms with Gasteiger partial charge in [-0.15, -0.1) is 11.3 Å². The van der Waals surface area contributed by atoms with E-state index in [1.807, 2.05) is 11.8 Å². The Kier molecular flexibility index (Phi) is 5.44. The number of carbonyl (C=O) groups excluding carboxylic acids is 1. The molecule has 0 aliphatic carbocycles. The molecular weight excluding hydrogens is 282 g/mol. The van der Waals surface area contributed by atoms with Gasteiger partial charge in [-0.25, -0.2) is 0 Å². The van der Waals surface area contributed by atoms with Crippen LogP contribution in [-0.4, -0.2) is 34.6 Å². The van der Waals surface area contributed by atoms with E-state index < -0.39 is 5.60 Å². The number of rotatable bonds is 4. The number of hydrogen-bond acceptors (Lipinski definition) is 3. The molecule has 21 heavy (non-hydrogen) atoms. The Morgan fingerprint density at radius 1 is 1.38 bits per heavy atom. The summed E-state index contributed by atoms with van der Waals surface area (Å²) in [6, 6.07) is 2.08. The fourth-order valence-electron chi connectivity index (χ4n) is 2.93. The summed E-state index contributed by atoms with van der Waals surface area (Å²) in [5.41, 5.74) is 0.707. The zero-order valence-electron chi connectivity index (χ0n) is 13.4. The van der Waals surface area contributed by atoms with Gasteiger partial charge in [0.2, 0.25) is 0 Å². The second-order valence-electron chi connectivity index (χ2n) is 6.31. The summed E-state index contributed by atoms with van der Waals surface area (Å²) in [7, 11) is 0. The van der Waals surface area contributed by atoms with Crippen LogP contribution in [0.2, 0.25) is 0 Å². The molecule has 1 aromatic heterocycles. The molecule has 0 radical (unpaired) electrons. The number of aryl methyl sites for hydroxylation is 2. The molecule has 1 fully saturated rings. The first-order chi connectivity index (χ1) is 9.96. The average molecular weight is 309 g/mol. The van der Waals surface area contributed by atoms with Crippen molar-refractivity contribution in [1.29, 1.82) is 0 Å². The van der Waals surface area contributed by atoms with Crippen LogP contribution in [0.3, 0.4) is 0 Å². The predicted molar refractivity (Wildman–Crippen MR) is 88.1 cm³/mol. The van der Waals surface area contributed by atoms with Crippen molar-refractivity contribution < 1.29 is 9.90 Å². The predicted octanol–water partition coefficient (Wildman–Crippen LogP) is 3.64. The molecule has 3 nitrogen and oxygen atoms in total. The van der Waals surface area contributed by atoms with E-state index in [1.54, 1.807) is 11.3 Å². The van der Waals surface area contributed by atoms with Crippen molar-refractivity contribution >= 4 is 17.2 Å². The van der Waals surface area contributed by atoms with E-state index in [0.717, 1.165) is 43.5 Å². The summed E-state index contributed by atoms with van der Waals surface area (Å²) in [5.74, 6) is 0.148. The number of hydrogen-bond donors (Lipinski definition) is 1. The molecule has 1 aromatic rings. The van der Waals surface area contributed by atoms with Crippen molar-refractivity contribution in [3.8, 4) is 0 Å². The molecule has 118 valence electrons. The highest BCUT2D eigenvalue weighted by atomic mass is 32.1. The van der Waals surface area contributed by atoms with E-state index in [9.17, 15) is 9.90 Å². The smallest absolute Gasteiger partial charge is 0.263 e. The standard InChI is InChI=1S/C17H27NO2S/c1-4-7-14-13(5-2)12-15(21-14)16(19)18-10-6-8-17(3,20)9-11-18/h12,20H,4-11H2,1-3H3. The Bertz CT molecular complexity index is 493. The van der Waals surface area contributed by atoms with Crippen LogP contribution in [0.4, 0.5) is 0 Å². The Morgan fingerprint density at radius 2 is 2.14 bits per heavy atom. The van der Waals surface area contributed by atoms with Crippen molar-refractivity contribution in [3.63, 3.8) is 0 Å². The van der Waals surface area contributed by atoms with E-state index in [4.69, 9.17) is 0 Å². The first kappa shape index (κ1) is 16.5. The summed E-state index contributed by atoms with van der Waals surface area (Å²) < 4.78 is 0. The Morgan fingerprint density at radius 3 is 2.81 bits per heavy atom. The molecule has 1 atom stereocenters. The van der Waals surface area contributed by atoms with Gasteiger partial charge in [0.05, 0.1) is 10.5 Å². The van der Waals surface area contributed by atoms with Crippen LogP contribution >= 0.6 is 11.3 Å². The van der Waals surface area contributed by atoms with Gasteiger partial charge in [-0.3, -0.25) is 4.79 Å². The van der Waals surface area contributed by atoms with Gasteiger partial charge in [-0.1, -0.05) is 20.3 Å². The van der Waals surface area contributed by atoms with Crippen molar-refractivity contribution in [2.75, 3.05) is 13.1 Å². The van der Waals surface area contributed by atoms with Crippen LogP contribution in [0.1, 0.15) is 66.6 Å². The Labute approximate surface area is 132 Å². The van der Waals surface area contributed by atoms with Gasteiger partial charge in [-0.05, 0) is 50.7 Å². The molecule has 0 saturated carbocycles. The van der Waals surface area contributed by atoms with Gasteiger partial charge in [0, 0.05) is 18.0 Å². The number of aliphatic hydroxyl groups is 1. The number of likely N-dealkylation sites (tertiary alicyclic amines) is 1. The highest BCUT2D eigenvalue weighted by molar-refractivity contribution is 7.14. The van der Waals surface area contributed by atoms with E-state index >= 15 is 0 Å². The maximum atomic E-state index is 12.7. The molecule has 1 N–H and O–H groups in total. The second-order valence-corrected chi connectivity index (χ2v) is 7.44. The molecule has 2 rings (SSSR count).